The van der Waals surface area contributed by atoms with E-state index in [-0.39, 0.29) is 4.90 Å². The summed E-state index contributed by atoms with van der Waals surface area (Å²) in [6, 6.07) is 6.73. The van der Waals surface area contributed by atoms with Crippen molar-refractivity contribution >= 4 is 10.0 Å². The maximum Gasteiger partial charge on any atom is 0.243 e. The average molecular weight is 321 g/mol. The molecule has 2 heterocycles. The minimum atomic E-state index is -3.46. The zero-order valence-electron chi connectivity index (χ0n) is 12.5. The van der Waals surface area contributed by atoms with Gasteiger partial charge in [-0.05, 0) is 25.0 Å². The first kappa shape index (κ1) is 15.2. The number of hydrogen-bond donors (Lipinski definition) is 0. The van der Waals surface area contributed by atoms with Gasteiger partial charge in [0.2, 0.25) is 21.7 Å². The quantitative estimate of drug-likeness (QED) is 0.868. The second-order valence-electron chi connectivity index (χ2n) is 5.48. The van der Waals surface area contributed by atoms with Gasteiger partial charge < -0.3 is 4.52 Å². The molecule has 0 bridgehead atoms. The maximum atomic E-state index is 12.8. The topological polar surface area (TPSA) is 76.3 Å². The fourth-order valence-corrected chi connectivity index (χ4v) is 4.21. The molecule has 1 aromatic carbocycles. The highest BCUT2D eigenvalue weighted by Crippen LogP contribution is 2.24. The minimum Gasteiger partial charge on any atom is -0.339 e. The largest absolute Gasteiger partial charge is 0.339 e. The number of rotatable bonds is 3. The van der Waals surface area contributed by atoms with E-state index < -0.39 is 10.0 Å². The van der Waals surface area contributed by atoms with Gasteiger partial charge in [-0.3, -0.25) is 0 Å². The standard InChI is InChI=1S/C15H19N3O3S/c1-12-16-15(17-21-12)13-7-6-8-14(11-13)22(19,20)18-9-4-2-3-5-10-18/h6-8,11H,2-5,9-10H2,1H3. The Morgan fingerprint density at radius 2 is 1.86 bits per heavy atom. The Bertz CT molecular complexity index is 747. The first-order valence-electron chi connectivity index (χ1n) is 7.48. The van der Waals surface area contributed by atoms with Crippen LogP contribution in [0.25, 0.3) is 11.4 Å². The zero-order chi connectivity index (χ0) is 15.6. The third kappa shape index (κ3) is 3.05. The third-order valence-electron chi connectivity index (χ3n) is 3.82. The number of aryl methyl sites for hydroxylation is 1. The van der Waals surface area contributed by atoms with E-state index in [0.29, 0.717) is 30.4 Å². The Morgan fingerprint density at radius 3 is 2.50 bits per heavy atom. The van der Waals surface area contributed by atoms with Gasteiger partial charge in [-0.1, -0.05) is 30.1 Å². The molecule has 1 fully saturated rings. The van der Waals surface area contributed by atoms with Crippen LogP contribution in [0.3, 0.4) is 0 Å². The van der Waals surface area contributed by atoms with E-state index in [0.717, 1.165) is 25.7 Å². The first-order chi connectivity index (χ1) is 10.6. The third-order valence-corrected chi connectivity index (χ3v) is 5.72. The average Bonchev–Trinajstić information content (AvgIpc) is 2.77. The van der Waals surface area contributed by atoms with Crippen molar-refractivity contribution in [2.24, 2.45) is 0 Å². The van der Waals surface area contributed by atoms with Crippen molar-refractivity contribution in [1.82, 2.24) is 14.4 Å². The van der Waals surface area contributed by atoms with Crippen molar-refractivity contribution in [3.63, 3.8) is 0 Å². The van der Waals surface area contributed by atoms with E-state index in [1.165, 1.54) is 0 Å². The van der Waals surface area contributed by atoms with E-state index in [4.69, 9.17) is 4.52 Å². The molecule has 3 rings (SSSR count). The summed E-state index contributed by atoms with van der Waals surface area (Å²) in [5.74, 6) is 0.862. The first-order valence-corrected chi connectivity index (χ1v) is 8.92. The number of aromatic nitrogens is 2. The molecule has 0 unspecified atom stereocenters. The Balaban J connectivity index is 1.93. The smallest absolute Gasteiger partial charge is 0.243 e. The number of sulfonamides is 1. The summed E-state index contributed by atoms with van der Waals surface area (Å²) in [6.07, 6.45) is 4.02. The molecule has 1 saturated heterocycles. The van der Waals surface area contributed by atoms with Crippen LogP contribution in [0.15, 0.2) is 33.7 Å². The molecule has 0 saturated carbocycles. The maximum absolute atomic E-state index is 12.8. The molecule has 0 radical (unpaired) electrons. The predicted octanol–water partition coefficient (Wildman–Crippen LogP) is 2.61. The lowest BCUT2D eigenvalue weighted by Crippen LogP contribution is -2.31. The van der Waals surface area contributed by atoms with Gasteiger partial charge in [-0.25, -0.2) is 8.42 Å². The summed E-state index contributed by atoms with van der Waals surface area (Å²) in [7, 11) is -3.46. The summed E-state index contributed by atoms with van der Waals surface area (Å²) in [4.78, 5) is 4.43. The lowest BCUT2D eigenvalue weighted by molar-refractivity contribution is 0.394. The molecule has 1 aliphatic heterocycles. The SMILES string of the molecule is Cc1nc(-c2cccc(S(=O)(=O)N3CCCCCC3)c2)no1. The summed E-state index contributed by atoms with van der Waals surface area (Å²) in [5, 5.41) is 3.84. The van der Waals surface area contributed by atoms with E-state index in [1.807, 2.05) is 0 Å². The number of benzene rings is 1. The normalized spacial score (nSPS) is 17.3. The predicted molar refractivity (Wildman–Crippen MR) is 81.7 cm³/mol. The highest BCUT2D eigenvalue weighted by molar-refractivity contribution is 7.89. The zero-order valence-corrected chi connectivity index (χ0v) is 13.3. The van der Waals surface area contributed by atoms with Crippen LogP contribution in [0, 0.1) is 6.92 Å². The summed E-state index contributed by atoms with van der Waals surface area (Å²) < 4.78 is 32.1. The van der Waals surface area contributed by atoms with E-state index in [2.05, 4.69) is 10.1 Å². The van der Waals surface area contributed by atoms with E-state index >= 15 is 0 Å². The molecule has 6 nitrogen and oxygen atoms in total. The van der Waals surface area contributed by atoms with Gasteiger partial charge in [0.05, 0.1) is 4.90 Å². The van der Waals surface area contributed by atoms with Gasteiger partial charge in [0.1, 0.15) is 0 Å². The Labute approximate surface area is 130 Å². The van der Waals surface area contributed by atoms with Gasteiger partial charge in [-0.2, -0.15) is 9.29 Å². The molecule has 0 spiro atoms. The van der Waals surface area contributed by atoms with Crippen molar-refractivity contribution in [3.05, 3.63) is 30.2 Å². The molecule has 1 aromatic heterocycles. The summed E-state index contributed by atoms with van der Waals surface area (Å²) in [5.41, 5.74) is 0.646. The van der Waals surface area contributed by atoms with Crippen molar-refractivity contribution in [2.75, 3.05) is 13.1 Å². The molecule has 0 atom stereocenters. The molecular weight excluding hydrogens is 302 g/mol. The van der Waals surface area contributed by atoms with Crippen LogP contribution in [-0.2, 0) is 10.0 Å². The van der Waals surface area contributed by atoms with Crippen LogP contribution in [0.1, 0.15) is 31.6 Å². The van der Waals surface area contributed by atoms with Crippen molar-refractivity contribution in [1.29, 1.82) is 0 Å². The number of hydrogen-bond acceptors (Lipinski definition) is 5. The fourth-order valence-electron chi connectivity index (χ4n) is 2.64. The molecule has 0 aliphatic carbocycles. The van der Waals surface area contributed by atoms with Crippen LogP contribution >= 0.6 is 0 Å². The Morgan fingerprint density at radius 1 is 1.14 bits per heavy atom. The highest BCUT2D eigenvalue weighted by Gasteiger charge is 2.25. The molecular formula is C15H19N3O3S. The second-order valence-corrected chi connectivity index (χ2v) is 7.42. The lowest BCUT2D eigenvalue weighted by atomic mass is 10.2. The van der Waals surface area contributed by atoms with Crippen LogP contribution in [0.5, 0.6) is 0 Å². The van der Waals surface area contributed by atoms with Crippen LogP contribution < -0.4 is 0 Å². The Kier molecular flexibility index (Phi) is 4.26. The van der Waals surface area contributed by atoms with Crippen molar-refractivity contribution in [3.8, 4) is 11.4 Å². The molecule has 7 heteroatoms. The van der Waals surface area contributed by atoms with Crippen molar-refractivity contribution in [2.45, 2.75) is 37.5 Å². The van der Waals surface area contributed by atoms with E-state index in [9.17, 15) is 8.42 Å². The van der Waals surface area contributed by atoms with Crippen LogP contribution in [0.4, 0.5) is 0 Å². The lowest BCUT2D eigenvalue weighted by Gasteiger charge is -2.20. The van der Waals surface area contributed by atoms with Gasteiger partial charge in [0.15, 0.2) is 0 Å². The van der Waals surface area contributed by atoms with Gasteiger partial charge in [0.25, 0.3) is 0 Å². The van der Waals surface area contributed by atoms with Gasteiger partial charge in [-0.15, -0.1) is 0 Å². The minimum absolute atomic E-state index is 0.286. The van der Waals surface area contributed by atoms with Gasteiger partial charge in [0, 0.05) is 25.6 Å². The molecule has 22 heavy (non-hydrogen) atoms. The van der Waals surface area contributed by atoms with E-state index in [1.54, 1.807) is 35.5 Å². The van der Waals surface area contributed by atoms with Crippen LogP contribution in [-0.4, -0.2) is 36.0 Å². The molecule has 0 N–H and O–H groups in total. The van der Waals surface area contributed by atoms with Crippen LogP contribution in [0.2, 0.25) is 0 Å². The molecule has 2 aromatic rings. The summed E-state index contributed by atoms with van der Waals surface area (Å²) in [6.45, 7) is 2.89. The summed E-state index contributed by atoms with van der Waals surface area (Å²) >= 11 is 0. The molecule has 1 aliphatic rings. The second kappa shape index (κ2) is 6.18. The molecule has 118 valence electrons. The highest BCUT2D eigenvalue weighted by atomic mass is 32.2. The number of nitrogens with zero attached hydrogens (tertiary/aromatic N) is 3. The van der Waals surface area contributed by atoms with Crippen molar-refractivity contribution < 1.29 is 12.9 Å². The van der Waals surface area contributed by atoms with Gasteiger partial charge >= 0.3 is 0 Å². The fraction of sp³-hybridized carbons (Fsp3) is 0.467. The monoisotopic (exact) mass is 321 g/mol. The molecule has 0 amide bonds. The Hall–Kier alpha value is -1.73.